The average molecular weight is 284 g/mol. The Morgan fingerprint density at radius 3 is 2.67 bits per heavy atom. The van der Waals surface area contributed by atoms with Crippen LogP contribution < -0.4 is 5.73 Å². The third-order valence-corrected chi connectivity index (χ3v) is 4.31. The van der Waals surface area contributed by atoms with Gasteiger partial charge in [-0.2, -0.15) is 0 Å². The lowest BCUT2D eigenvalue weighted by atomic mass is 10.1. The van der Waals surface area contributed by atoms with Gasteiger partial charge in [-0.05, 0) is 37.6 Å². The van der Waals surface area contributed by atoms with Crippen LogP contribution in [0.1, 0.15) is 30.7 Å². The molecule has 0 amide bonds. The highest BCUT2D eigenvalue weighted by molar-refractivity contribution is 5.47. The Bertz CT molecular complexity index is 570. The molecule has 4 nitrogen and oxygen atoms in total. The molecular formula is C17H24N4. The van der Waals surface area contributed by atoms with E-state index in [9.17, 15) is 0 Å². The SMILES string of the molecule is Nc1ccccc1Cc1nccn1CCN1CCCCC1. The van der Waals surface area contributed by atoms with Gasteiger partial charge in [-0.3, -0.25) is 0 Å². The molecule has 0 bridgehead atoms. The van der Waals surface area contributed by atoms with Gasteiger partial charge < -0.3 is 15.2 Å². The Morgan fingerprint density at radius 2 is 1.86 bits per heavy atom. The summed E-state index contributed by atoms with van der Waals surface area (Å²) in [5.74, 6) is 1.10. The van der Waals surface area contributed by atoms with E-state index in [1.54, 1.807) is 0 Å². The second kappa shape index (κ2) is 6.76. The first kappa shape index (κ1) is 14.1. The standard InChI is InChI=1S/C17H24N4/c18-16-7-3-2-6-15(16)14-17-19-8-11-21(17)13-12-20-9-4-1-5-10-20/h2-3,6-8,11H,1,4-5,9-10,12-14,18H2. The van der Waals surface area contributed by atoms with Crippen molar-refractivity contribution in [2.75, 3.05) is 25.4 Å². The van der Waals surface area contributed by atoms with Crippen LogP contribution in [-0.2, 0) is 13.0 Å². The molecule has 1 fully saturated rings. The van der Waals surface area contributed by atoms with Gasteiger partial charge in [0.15, 0.2) is 0 Å². The minimum atomic E-state index is 0.805. The van der Waals surface area contributed by atoms with Crippen LogP contribution in [0.2, 0.25) is 0 Å². The molecule has 0 atom stereocenters. The van der Waals surface area contributed by atoms with Crippen molar-refractivity contribution in [2.24, 2.45) is 0 Å². The van der Waals surface area contributed by atoms with Crippen molar-refractivity contribution in [1.82, 2.24) is 14.5 Å². The van der Waals surface area contributed by atoms with Crippen molar-refractivity contribution in [3.8, 4) is 0 Å². The molecule has 3 rings (SSSR count). The molecule has 0 saturated carbocycles. The third-order valence-electron chi connectivity index (χ3n) is 4.31. The Hall–Kier alpha value is -1.81. The number of benzene rings is 1. The summed E-state index contributed by atoms with van der Waals surface area (Å²) in [5, 5.41) is 0. The Balaban J connectivity index is 1.62. The lowest BCUT2D eigenvalue weighted by molar-refractivity contribution is 0.220. The highest BCUT2D eigenvalue weighted by Crippen LogP contribution is 2.15. The fourth-order valence-corrected chi connectivity index (χ4v) is 3.01. The second-order valence-electron chi connectivity index (χ2n) is 5.81. The Kier molecular flexibility index (Phi) is 4.55. The smallest absolute Gasteiger partial charge is 0.113 e. The van der Waals surface area contributed by atoms with E-state index in [4.69, 9.17) is 5.73 Å². The van der Waals surface area contributed by atoms with Gasteiger partial charge in [0.25, 0.3) is 0 Å². The summed E-state index contributed by atoms with van der Waals surface area (Å²) >= 11 is 0. The maximum absolute atomic E-state index is 6.03. The molecular weight excluding hydrogens is 260 g/mol. The summed E-state index contributed by atoms with van der Waals surface area (Å²) in [7, 11) is 0. The highest BCUT2D eigenvalue weighted by Gasteiger charge is 2.11. The summed E-state index contributed by atoms with van der Waals surface area (Å²) in [6.07, 6.45) is 8.86. The summed E-state index contributed by atoms with van der Waals surface area (Å²) in [6, 6.07) is 8.05. The molecule has 4 heteroatoms. The number of rotatable bonds is 5. The van der Waals surface area contributed by atoms with Gasteiger partial charge in [0.05, 0.1) is 0 Å². The molecule has 1 aromatic heterocycles. The monoisotopic (exact) mass is 284 g/mol. The molecule has 21 heavy (non-hydrogen) atoms. The molecule has 2 aromatic rings. The van der Waals surface area contributed by atoms with Crippen molar-refractivity contribution in [3.05, 3.63) is 48.0 Å². The molecule has 2 N–H and O–H groups in total. The first-order valence-electron chi connectivity index (χ1n) is 7.88. The fraction of sp³-hybridized carbons (Fsp3) is 0.471. The van der Waals surface area contributed by atoms with Crippen molar-refractivity contribution in [3.63, 3.8) is 0 Å². The molecule has 0 aliphatic carbocycles. The number of aromatic nitrogens is 2. The predicted octanol–water partition coefficient (Wildman–Crippen LogP) is 2.54. The molecule has 0 radical (unpaired) electrons. The van der Waals surface area contributed by atoms with E-state index in [0.717, 1.165) is 36.6 Å². The van der Waals surface area contributed by atoms with Crippen molar-refractivity contribution in [1.29, 1.82) is 0 Å². The number of anilines is 1. The van der Waals surface area contributed by atoms with Crippen LogP contribution in [0.15, 0.2) is 36.7 Å². The minimum absolute atomic E-state index is 0.805. The zero-order valence-electron chi connectivity index (χ0n) is 12.5. The molecule has 2 heterocycles. The number of nitrogens with two attached hydrogens (primary N) is 1. The lowest BCUT2D eigenvalue weighted by Gasteiger charge is -2.26. The van der Waals surface area contributed by atoms with Gasteiger partial charge in [0.1, 0.15) is 5.82 Å². The van der Waals surface area contributed by atoms with Gasteiger partial charge >= 0.3 is 0 Å². The van der Waals surface area contributed by atoms with E-state index < -0.39 is 0 Å². The Labute approximate surface area is 126 Å². The second-order valence-corrected chi connectivity index (χ2v) is 5.81. The van der Waals surface area contributed by atoms with Crippen LogP contribution in [-0.4, -0.2) is 34.1 Å². The van der Waals surface area contributed by atoms with Crippen LogP contribution in [0.5, 0.6) is 0 Å². The summed E-state index contributed by atoms with van der Waals surface area (Å²) in [4.78, 5) is 7.06. The number of hydrogen-bond acceptors (Lipinski definition) is 3. The van der Waals surface area contributed by atoms with Crippen LogP contribution in [0, 0.1) is 0 Å². The number of nitrogens with zero attached hydrogens (tertiary/aromatic N) is 3. The Morgan fingerprint density at radius 1 is 1.05 bits per heavy atom. The maximum Gasteiger partial charge on any atom is 0.113 e. The molecule has 0 unspecified atom stereocenters. The predicted molar refractivity (Wildman–Crippen MR) is 86.2 cm³/mol. The van der Waals surface area contributed by atoms with E-state index in [1.165, 1.54) is 32.4 Å². The zero-order valence-corrected chi connectivity index (χ0v) is 12.5. The van der Waals surface area contributed by atoms with Crippen LogP contribution in [0.25, 0.3) is 0 Å². The molecule has 1 aromatic carbocycles. The van der Waals surface area contributed by atoms with Crippen molar-refractivity contribution >= 4 is 5.69 Å². The molecule has 1 aliphatic heterocycles. The van der Waals surface area contributed by atoms with Gasteiger partial charge in [-0.15, -0.1) is 0 Å². The van der Waals surface area contributed by atoms with Crippen molar-refractivity contribution in [2.45, 2.75) is 32.2 Å². The zero-order chi connectivity index (χ0) is 14.5. The first-order chi connectivity index (χ1) is 10.3. The summed E-state index contributed by atoms with van der Waals surface area (Å²) in [6.45, 7) is 4.63. The fourth-order valence-electron chi connectivity index (χ4n) is 3.01. The summed E-state index contributed by atoms with van der Waals surface area (Å²) in [5.41, 5.74) is 8.04. The molecule has 112 valence electrons. The average Bonchev–Trinajstić information content (AvgIpc) is 2.96. The van der Waals surface area contributed by atoms with E-state index >= 15 is 0 Å². The number of piperidine rings is 1. The van der Waals surface area contributed by atoms with E-state index in [2.05, 4.69) is 26.7 Å². The quantitative estimate of drug-likeness (QED) is 0.858. The van der Waals surface area contributed by atoms with Crippen LogP contribution in [0.3, 0.4) is 0 Å². The topological polar surface area (TPSA) is 47.1 Å². The molecule has 0 spiro atoms. The maximum atomic E-state index is 6.03. The number of likely N-dealkylation sites (tertiary alicyclic amines) is 1. The van der Waals surface area contributed by atoms with E-state index in [1.807, 2.05) is 24.4 Å². The van der Waals surface area contributed by atoms with Crippen molar-refractivity contribution < 1.29 is 0 Å². The van der Waals surface area contributed by atoms with Gasteiger partial charge in [0, 0.05) is 37.6 Å². The van der Waals surface area contributed by atoms with Crippen LogP contribution >= 0.6 is 0 Å². The first-order valence-corrected chi connectivity index (χ1v) is 7.88. The highest BCUT2D eigenvalue weighted by atomic mass is 15.2. The van der Waals surface area contributed by atoms with E-state index in [0.29, 0.717) is 0 Å². The van der Waals surface area contributed by atoms with Crippen LogP contribution in [0.4, 0.5) is 5.69 Å². The van der Waals surface area contributed by atoms with Gasteiger partial charge in [0.2, 0.25) is 0 Å². The number of imidazole rings is 1. The lowest BCUT2D eigenvalue weighted by Crippen LogP contribution is -2.32. The largest absolute Gasteiger partial charge is 0.398 e. The molecule has 1 aliphatic rings. The minimum Gasteiger partial charge on any atom is -0.398 e. The van der Waals surface area contributed by atoms with E-state index in [-0.39, 0.29) is 0 Å². The number of hydrogen-bond donors (Lipinski definition) is 1. The summed E-state index contributed by atoms with van der Waals surface area (Å²) < 4.78 is 2.26. The molecule has 1 saturated heterocycles. The van der Waals surface area contributed by atoms with Gasteiger partial charge in [-0.25, -0.2) is 4.98 Å². The normalized spacial score (nSPS) is 16.2. The van der Waals surface area contributed by atoms with Gasteiger partial charge in [-0.1, -0.05) is 24.6 Å². The number of nitrogen functional groups attached to an aromatic ring is 1. The third kappa shape index (κ3) is 3.64. The number of para-hydroxylation sites is 1.